The highest BCUT2D eigenvalue weighted by Gasteiger charge is 2.32. The predicted octanol–water partition coefficient (Wildman–Crippen LogP) is 5.52. The summed E-state index contributed by atoms with van der Waals surface area (Å²) in [5.41, 5.74) is -0.400. The smallest absolute Gasteiger partial charge is 0.213 e. The number of fused-ring (bicyclic) bond motifs is 6. The molecule has 0 aromatic heterocycles. The number of thioether (sulfide) groups is 1. The molecule has 0 aromatic rings. The standard InChI is InChI=1S/C20H35NO4S/c1-2-3-4-5-6-9-16(21(23)24)14-15-19(22)20-25-17-10-7-12-18(26-20)13-8-11-17/h16-18,20H,2-15H2,1H3. The summed E-state index contributed by atoms with van der Waals surface area (Å²) in [4.78, 5) is 23.8. The van der Waals surface area contributed by atoms with Gasteiger partial charge < -0.3 is 4.74 Å². The van der Waals surface area contributed by atoms with Gasteiger partial charge in [0, 0.05) is 29.4 Å². The Morgan fingerprint density at radius 1 is 1.12 bits per heavy atom. The summed E-state index contributed by atoms with van der Waals surface area (Å²) in [7, 11) is 0. The number of hydrogen-bond acceptors (Lipinski definition) is 5. The van der Waals surface area contributed by atoms with E-state index in [2.05, 4.69) is 6.92 Å². The molecule has 0 aromatic carbocycles. The Bertz CT molecular complexity index is 422. The number of hydrogen-bond donors (Lipinski definition) is 0. The van der Waals surface area contributed by atoms with Crippen molar-refractivity contribution >= 4 is 17.5 Å². The molecular formula is C20H35NO4S. The second kappa shape index (κ2) is 12.0. The van der Waals surface area contributed by atoms with Crippen molar-refractivity contribution in [1.29, 1.82) is 0 Å². The van der Waals surface area contributed by atoms with Gasteiger partial charge in [-0.25, -0.2) is 0 Å². The molecule has 2 unspecified atom stereocenters. The van der Waals surface area contributed by atoms with Gasteiger partial charge in [-0.05, 0) is 44.9 Å². The van der Waals surface area contributed by atoms with Gasteiger partial charge in [0.2, 0.25) is 6.04 Å². The lowest BCUT2D eigenvalue weighted by atomic mass is 9.98. The molecule has 2 saturated heterocycles. The molecule has 1 aliphatic carbocycles. The van der Waals surface area contributed by atoms with Gasteiger partial charge >= 0.3 is 0 Å². The highest BCUT2D eigenvalue weighted by atomic mass is 32.2. The van der Waals surface area contributed by atoms with Crippen molar-refractivity contribution in [2.45, 2.75) is 120 Å². The van der Waals surface area contributed by atoms with Crippen molar-refractivity contribution in [3.8, 4) is 0 Å². The van der Waals surface area contributed by atoms with Crippen molar-refractivity contribution in [1.82, 2.24) is 0 Å². The summed E-state index contributed by atoms with van der Waals surface area (Å²) in [6, 6.07) is -0.585. The van der Waals surface area contributed by atoms with Crippen LogP contribution >= 0.6 is 11.8 Å². The van der Waals surface area contributed by atoms with E-state index in [9.17, 15) is 14.9 Å². The van der Waals surface area contributed by atoms with Gasteiger partial charge in [0.05, 0.1) is 6.10 Å². The Kier molecular flexibility index (Phi) is 9.97. The molecule has 5 nitrogen and oxygen atoms in total. The zero-order valence-corrected chi connectivity index (χ0v) is 17.0. The second-order valence-electron chi connectivity index (χ2n) is 7.86. The molecule has 3 rings (SSSR count). The molecule has 0 radical (unpaired) electrons. The first-order valence-corrected chi connectivity index (χ1v) is 11.5. The fourth-order valence-electron chi connectivity index (χ4n) is 4.01. The molecule has 150 valence electrons. The van der Waals surface area contributed by atoms with Gasteiger partial charge in [0.15, 0.2) is 11.2 Å². The Labute approximate surface area is 162 Å². The molecule has 0 spiro atoms. The molecule has 2 atom stereocenters. The normalized spacial score (nSPS) is 27.3. The van der Waals surface area contributed by atoms with E-state index in [1.807, 2.05) is 0 Å². The monoisotopic (exact) mass is 385 g/mol. The fourth-order valence-corrected chi connectivity index (χ4v) is 5.45. The summed E-state index contributed by atoms with van der Waals surface area (Å²) in [6.45, 7) is 2.16. The van der Waals surface area contributed by atoms with Gasteiger partial charge in [-0.3, -0.25) is 14.9 Å². The molecule has 0 amide bonds. The molecular weight excluding hydrogens is 350 g/mol. The van der Waals surface area contributed by atoms with Crippen molar-refractivity contribution in [2.24, 2.45) is 0 Å². The van der Waals surface area contributed by atoms with Crippen molar-refractivity contribution < 1.29 is 14.5 Å². The highest BCUT2D eigenvalue weighted by Crippen LogP contribution is 2.37. The van der Waals surface area contributed by atoms with Gasteiger partial charge in [-0.15, -0.1) is 11.8 Å². The van der Waals surface area contributed by atoms with Gasteiger partial charge in [-0.2, -0.15) is 0 Å². The number of ketones is 1. The molecule has 0 N–H and O–H groups in total. The molecule has 3 fully saturated rings. The maximum atomic E-state index is 12.7. The van der Waals surface area contributed by atoms with Gasteiger partial charge in [0.1, 0.15) is 0 Å². The average Bonchev–Trinajstić information content (AvgIpc) is 2.55. The van der Waals surface area contributed by atoms with Crippen LogP contribution in [0.1, 0.15) is 96.8 Å². The van der Waals surface area contributed by atoms with E-state index in [0.29, 0.717) is 18.1 Å². The topological polar surface area (TPSA) is 69.4 Å². The minimum absolute atomic E-state index is 0.0617. The van der Waals surface area contributed by atoms with Crippen LogP contribution in [0.15, 0.2) is 0 Å². The van der Waals surface area contributed by atoms with E-state index in [1.165, 1.54) is 38.5 Å². The Balaban J connectivity index is 1.78. The quantitative estimate of drug-likeness (QED) is 0.266. The van der Waals surface area contributed by atoms with Crippen LogP contribution < -0.4 is 0 Å². The van der Waals surface area contributed by atoms with E-state index < -0.39 is 11.5 Å². The second-order valence-corrected chi connectivity index (χ2v) is 9.22. The van der Waals surface area contributed by atoms with Gasteiger partial charge in [-0.1, -0.05) is 32.6 Å². The summed E-state index contributed by atoms with van der Waals surface area (Å²) < 4.78 is 6.09. The van der Waals surface area contributed by atoms with E-state index in [1.54, 1.807) is 11.8 Å². The number of rotatable bonds is 11. The Morgan fingerprint density at radius 2 is 1.81 bits per heavy atom. The minimum atomic E-state index is -0.585. The lowest BCUT2D eigenvalue weighted by molar-refractivity contribution is -0.524. The lowest BCUT2D eigenvalue weighted by Gasteiger charge is -2.33. The number of carbonyl (C=O) groups is 1. The van der Waals surface area contributed by atoms with Crippen LogP contribution in [0.25, 0.3) is 0 Å². The van der Waals surface area contributed by atoms with Crippen LogP contribution in [-0.2, 0) is 9.53 Å². The molecule has 2 heterocycles. The third kappa shape index (κ3) is 7.55. The number of nitro groups is 1. The SMILES string of the molecule is CCCCCCCC(CCC(=O)C1OC2CCCC(CCC2)S1)[N+](=O)[O-]. The number of carbonyl (C=O) groups excluding carboxylic acids is 1. The molecule has 2 aliphatic heterocycles. The first-order chi connectivity index (χ1) is 12.6. The lowest BCUT2D eigenvalue weighted by Crippen LogP contribution is -2.34. The average molecular weight is 386 g/mol. The van der Waals surface area contributed by atoms with Crippen molar-refractivity contribution in [3.05, 3.63) is 10.1 Å². The fraction of sp³-hybridized carbons (Fsp3) is 0.950. The van der Waals surface area contributed by atoms with Crippen LogP contribution in [0.2, 0.25) is 0 Å². The highest BCUT2D eigenvalue weighted by molar-refractivity contribution is 8.01. The summed E-state index contributed by atoms with van der Waals surface area (Å²) >= 11 is 1.67. The van der Waals surface area contributed by atoms with Gasteiger partial charge in [0.25, 0.3) is 0 Å². The van der Waals surface area contributed by atoms with Crippen LogP contribution in [0, 0.1) is 10.1 Å². The molecule has 3 aliphatic rings. The molecule has 1 saturated carbocycles. The van der Waals surface area contributed by atoms with E-state index >= 15 is 0 Å². The van der Waals surface area contributed by atoms with Crippen molar-refractivity contribution in [3.63, 3.8) is 0 Å². The minimum Gasteiger partial charge on any atom is -0.356 e. The predicted molar refractivity (Wildman–Crippen MR) is 106 cm³/mol. The van der Waals surface area contributed by atoms with Crippen LogP contribution in [-0.4, -0.2) is 33.5 Å². The van der Waals surface area contributed by atoms with Crippen LogP contribution in [0.3, 0.4) is 0 Å². The van der Waals surface area contributed by atoms with Crippen molar-refractivity contribution in [2.75, 3.05) is 0 Å². The third-order valence-corrected chi connectivity index (χ3v) is 7.14. The Morgan fingerprint density at radius 3 is 2.46 bits per heavy atom. The first-order valence-electron chi connectivity index (χ1n) is 10.6. The zero-order valence-electron chi connectivity index (χ0n) is 16.2. The molecule has 2 bridgehead atoms. The van der Waals surface area contributed by atoms with E-state index in [-0.39, 0.29) is 23.2 Å². The largest absolute Gasteiger partial charge is 0.356 e. The van der Waals surface area contributed by atoms with E-state index in [4.69, 9.17) is 4.74 Å². The Hall–Kier alpha value is -0.620. The maximum Gasteiger partial charge on any atom is 0.213 e. The number of unbranched alkanes of at least 4 members (excludes halogenated alkanes) is 4. The maximum absolute atomic E-state index is 12.7. The number of Topliss-reactive ketones (excluding diaryl/α,β-unsaturated/α-hetero) is 1. The summed E-state index contributed by atoms with van der Waals surface area (Å²) in [5, 5.41) is 11.8. The zero-order chi connectivity index (χ0) is 18.8. The van der Waals surface area contributed by atoms with E-state index in [0.717, 1.165) is 32.1 Å². The molecule has 26 heavy (non-hydrogen) atoms. The van der Waals surface area contributed by atoms with Crippen LogP contribution in [0.5, 0.6) is 0 Å². The third-order valence-electron chi connectivity index (χ3n) is 5.66. The number of nitrogens with zero attached hydrogens (tertiary/aromatic N) is 1. The first kappa shape index (κ1) is 21.7. The summed E-state index contributed by atoms with van der Waals surface area (Å²) in [5.74, 6) is 0.0617. The number of ether oxygens (including phenoxy) is 1. The van der Waals surface area contributed by atoms with Crippen LogP contribution in [0.4, 0.5) is 0 Å². The summed E-state index contributed by atoms with van der Waals surface area (Å²) in [6.07, 6.45) is 13.7. The molecule has 6 heteroatoms.